The first kappa shape index (κ1) is 11.4. The Kier molecular flexibility index (Phi) is 3.26. The number of rotatable bonds is 3. The maximum atomic E-state index is 13.0. The molecule has 0 aliphatic heterocycles. The molecule has 12 heavy (non-hydrogen) atoms. The molecule has 0 spiro atoms. The lowest BCUT2D eigenvalue weighted by molar-refractivity contribution is -0.312. The zero-order chi connectivity index (χ0) is 9.99. The van der Waals surface area contributed by atoms with Crippen LogP contribution in [0.2, 0.25) is 0 Å². The van der Waals surface area contributed by atoms with Crippen molar-refractivity contribution in [1.29, 1.82) is 0 Å². The van der Waals surface area contributed by atoms with Crippen LogP contribution < -0.4 is 0 Å². The molecular weight excluding hydrogens is 176 g/mol. The van der Waals surface area contributed by atoms with Crippen LogP contribution >= 0.6 is 0 Å². The highest BCUT2D eigenvalue weighted by Crippen LogP contribution is 2.39. The van der Waals surface area contributed by atoms with Crippen LogP contribution in [0, 0.1) is 0 Å². The Labute approximate surface area is 68.0 Å². The minimum absolute atomic E-state index is 0.358. The molecule has 0 heterocycles. The van der Waals surface area contributed by atoms with Crippen LogP contribution in [-0.4, -0.2) is 18.6 Å². The van der Waals surface area contributed by atoms with E-state index >= 15 is 0 Å². The van der Waals surface area contributed by atoms with E-state index in [0.717, 1.165) is 6.92 Å². The minimum Gasteiger partial charge on any atom is -0.336 e. The third-order valence-corrected chi connectivity index (χ3v) is 1.26. The van der Waals surface area contributed by atoms with Crippen LogP contribution in [-0.2, 0) is 4.74 Å². The molecule has 0 aliphatic carbocycles. The first-order valence-corrected chi connectivity index (χ1v) is 3.31. The van der Waals surface area contributed by atoms with Crippen LogP contribution in [0.25, 0.3) is 0 Å². The SMILES string of the molecule is C=C(C)C(F)(OCC)C(F)(F)F. The van der Waals surface area contributed by atoms with Gasteiger partial charge in [-0.05, 0) is 19.4 Å². The Morgan fingerprint density at radius 2 is 1.75 bits per heavy atom. The topological polar surface area (TPSA) is 9.23 Å². The molecule has 0 saturated carbocycles. The van der Waals surface area contributed by atoms with Crippen LogP contribution in [0.15, 0.2) is 12.2 Å². The van der Waals surface area contributed by atoms with Crippen molar-refractivity contribution in [3.05, 3.63) is 12.2 Å². The van der Waals surface area contributed by atoms with Gasteiger partial charge in [0, 0.05) is 6.61 Å². The lowest BCUT2D eigenvalue weighted by atomic mass is 10.1. The fraction of sp³-hybridized carbons (Fsp3) is 0.714. The van der Waals surface area contributed by atoms with Crippen molar-refractivity contribution in [2.24, 2.45) is 0 Å². The van der Waals surface area contributed by atoms with E-state index in [2.05, 4.69) is 11.3 Å². The summed E-state index contributed by atoms with van der Waals surface area (Å²) in [5.74, 6) is -3.71. The predicted octanol–water partition coefficient (Wildman–Crippen LogP) is 2.83. The highest BCUT2D eigenvalue weighted by molar-refractivity contribution is 5.08. The van der Waals surface area contributed by atoms with E-state index in [-0.39, 0.29) is 6.61 Å². The summed E-state index contributed by atoms with van der Waals surface area (Å²) >= 11 is 0. The zero-order valence-electron chi connectivity index (χ0n) is 6.83. The molecule has 0 fully saturated rings. The quantitative estimate of drug-likeness (QED) is 0.486. The Balaban J connectivity index is 4.75. The summed E-state index contributed by atoms with van der Waals surface area (Å²) < 4.78 is 52.9. The van der Waals surface area contributed by atoms with Gasteiger partial charge in [-0.1, -0.05) is 6.58 Å². The van der Waals surface area contributed by atoms with Gasteiger partial charge in [-0.15, -0.1) is 0 Å². The summed E-state index contributed by atoms with van der Waals surface area (Å²) in [6.07, 6.45) is -5.06. The number of hydrogen-bond donors (Lipinski definition) is 0. The van der Waals surface area contributed by atoms with Crippen LogP contribution in [0.4, 0.5) is 17.6 Å². The Morgan fingerprint density at radius 1 is 1.33 bits per heavy atom. The van der Waals surface area contributed by atoms with E-state index in [0.29, 0.717) is 0 Å². The van der Waals surface area contributed by atoms with Crippen molar-refractivity contribution in [1.82, 2.24) is 0 Å². The summed E-state index contributed by atoms with van der Waals surface area (Å²) in [6, 6.07) is 0. The molecule has 1 unspecified atom stereocenters. The van der Waals surface area contributed by atoms with Crippen molar-refractivity contribution in [3.63, 3.8) is 0 Å². The monoisotopic (exact) mass is 186 g/mol. The highest BCUT2D eigenvalue weighted by atomic mass is 19.4. The smallest absolute Gasteiger partial charge is 0.336 e. The lowest BCUT2D eigenvalue weighted by Gasteiger charge is -2.27. The Bertz CT molecular complexity index is 175. The van der Waals surface area contributed by atoms with Gasteiger partial charge >= 0.3 is 12.0 Å². The normalized spacial score (nSPS) is 17.2. The maximum Gasteiger partial charge on any atom is 0.452 e. The van der Waals surface area contributed by atoms with Crippen molar-refractivity contribution in [2.75, 3.05) is 6.61 Å². The van der Waals surface area contributed by atoms with Gasteiger partial charge in [-0.2, -0.15) is 17.6 Å². The van der Waals surface area contributed by atoms with E-state index in [1.54, 1.807) is 0 Å². The predicted molar refractivity (Wildman–Crippen MR) is 36.3 cm³/mol. The molecule has 0 amide bonds. The number of alkyl halides is 4. The van der Waals surface area contributed by atoms with Gasteiger partial charge in [0.2, 0.25) is 0 Å². The standard InChI is InChI=1S/C7H10F4O/c1-4-12-6(8,5(2)3)7(9,10)11/h2,4H2,1,3H3. The van der Waals surface area contributed by atoms with E-state index in [1.165, 1.54) is 6.92 Å². The third-order valence-electron chi connectivity index (χ3n) is 1.26. The Morgan fingerprint density at radius 3 is 1.83 bits per heavy atom. The number of halogens is 4. The first-order valence-electron chi connectivity index (χ1n) is 3.31. The van der Waals surface area contributed by atoms with Gasteiger partial charge < -0.3 is 4.74 Å². The molecule has 0 aromatic heterocycles. The van der Waals surface area contributed by atoms with Crippen molar-refractivity contribution < 1.29 is 22.3 Å². The van der Waals surface area contributed by atoms with Crippen molar-refractivity contribution in [3.8, 4) is 0 Å². The highest BCUT2D eigenvalue weighted by Gasteiger charge is 2.58. The second-order valence-electron chi connectivity index (χ2n) is 2.31. The molecule has 0 radical (unpaired) electrons. The fourth-order valence-corrected chi connectivity index (χ4v) is 0.646. The van der Waals surface area contributed by atoms with Crippen LogP contribution in [0.5, 0.6) is 0 Å². The molecule has 0 saturated heterocycles. The second kappa shape index (κ2) is 3.43. The summed E-state index contributed by atoms with van der Waals surface area (Å²) in [6.45, 7) is 4.75. The van der Waals surface area contributed by atoms with Crippen molar-refractivity contribution >= 4 is 0 Å². The molecule has 72 valence electrons. The van der Waals surface area contributed by atoms with Gasteiger partial charge in [-0.25, -0.2) is 0 Å². The lowest BCUT2D eigenvalue weighted by Crippen LogP contribution is -2.44. The van der Waals surface area contributed by atoms with Crippen molar-refractivity contribution in [2.45, 2.75) is 25.9 Å². The van der Waals surface area contributed by atoms with E-state index in [1.807, 2.05) is 0 Å². The summed E-state index contributed by atoms with van der Waals surface area (Å²) in [5.41, 5.74) is -0.697. The molecular formula is C7H10F4O. The largest absolute Gasteiger partial charge is 0.452 e. The molecule has 0 N–H and O–H groups in total. The van der Waals surface area contributed by atoms with Gasteiger partial charge in [0.1, 0.15) is 0 Å². The summed E-state index contributed by atoms with van der Waals surface area (Å²) in [5, 5.41) is 0. The third kappa shape index (κ3) is 1.97. The van der Waals surface area contributed by atoms with Crippen LogP contribution in [0.1, 0.15) is 13.8 Å². The fourth-order valence-electron chi connectivity index (χ4n) is 0.646. The zero-order valence-corrected chi connectivity index (χ0v) is 6.83. The average Bonchev–Trinajstić information content (AvgIpc) is 1.85. The molecule has 0 rings (SSSR count). The minimum atomic E-state index is -5.06. The van der Waals surface area contributed by atoms with E-state index < -0.39 is 17.6 Å². The molecule has 0 aromatic carbocycles. The molecule has 5 heteroatoms. The van der Waals surface area contributed by atoms with Crippen LogP contribution in [0.3, 0.4) is 0 Å². The van der Waals surface area contributed by atoms with Gasteiger partial charge in [0.25, 0.3) is 0 Å². The van der Waals surface area contributed by atoms with Gasteiger partial charge in [0.05, 0.1) is 0 Å². The average molecular weight is 186 g/mol. The molecule has 0 aromatic rings. The number of hydrogen-bond acceptors (Lipinski definition) is 1. The van der Waals surface area contributed by atoms with E-state index in [9.17, 15) is 17.6 Å². The Hall–Kier alpha value is -0.580. The van der Waals surface area contributed by atoms with Gasteiger partial charge in [0.15, 0.2) is 0 Å². The molecule has 0 aliphatic rings. The van der Waals surface area contributed by atoms with Gasteiger partial charge in [-0.3, -0.25) is 0 Å². The summed E-state index contributed by atoms with van der Waals surface area (Å²) in [7, 11) is 0. The first-order chi connectivity index (χ1) is 5.25. The summed E-state index contributed by atoms with van der Waals surface area (Å²) in [4.78, 5) is 0. The number of ether oxygens (including phenoxy) is 1. The molecule has 1 nitrogen and oxygen atoms in total. The maximum absolute atomic E-state index is 13.0. The second-order valence-corrected chi connectivity index (χ2v) is 2.31. The molecule has 1 atom stereocenters. The molecule has 0 bridgehead atoms. The van der Waals surface area contributed by atoms with E-state index in [4.69, 9.17) is 0 Å².